The Morgan fingerprint density at radius 1 is 0.923 bits per heavy atom. The van der Waals surface area contributed by atoms with Crippen LogP contribution in [0.3, 0.4) is 0 Å². The van der Waals surface area contributed by atoms with Crippen LogP contribution in [0, 0.1) is 41.4 Å². The second-order valence-corrected chi connectivity index (χ2v) is 13.8. The summed E-state index contributed by atoms with van der Waals surface area (Å²) in [5.74, 6) is -1.33. The van der Waals surface area contributed by atoms with E-state index in [4.69, 9.17) is 0 Å². The van der Waals surface area contributed by atoms with E-state index in [1.807, 2.05) is 6.92 Å². The minimum atomic E-state index is -1.20. The predicted molar refractivity (Wildman–Crippen MR) is 142 cm³/mol. The van der Waals surface area contributed by atoms with Gasteiger partial charge in [0, 0.05) is 36.3 Å². The Morgan fingerprint density at radius 3 is 1.92 bits per heavy atom. The van der Waals surface area contributed by atoms with E-state index in [0.717, 1.165) is 49.8 Å². The van der Waals surface area contributed by atoms with Crippen LogP contribution in [0.4, 0.5) is 4.79 Å². The first kappa shape index (κ1) is 28.1. The van der Waals surface area contributed by atoms with Gasteiger partial charge in [0.1, 0.15) is 11.8 Å². The molecule has 0 spiro atoms. The fraction of sp³-hybridized carbons (Fsp3) is 0.833. The molecule has 5 atom stereocenters. The lowest BCUT2D eigenvalue weighted by atomic mass is 9.52. The fourth-order valence-electron chi connectivity index (χ4n) is 9.81. The molecule has 216 valence electrons. The molecule has 6 aliphatic rings. The summed E-state index contributed by atoms with van der Waals surface area (Å²) in [4.78, 5) is 67.3. The number of nitrogens with zero attached hydrogens (tertiary/aromatic N) is 2. The molecule has 39 heavy (non-hydrogen) atoms. The Morgan fingerprint density at radius 2 is 1.46 bits per heavy atom. The van der Waals surface area contributed by atoms with Gasteiger partial charge in [-0.05, 0) is 93.8 Å². The molecule has 0 radical (unpaired) electrons. The van der Waals surface area contributed by atoms with Gasteiger partial charge in [0.15, 0.2) is 0 Å². The van der Waals surface area contributed by atoms with E-state index >= 15 is 0 Å². The van der Waals surface area contributed by atoms with E-state index in [-0.39, 0.29) is 43.3 Å². The van der Waals surface area contributed by atoms with Crippen molar-refractivity contribution in [2.75, 3.05) is 0 Å². The number of hydrogen-bond acceptors (Lipinski definition) is 5. The SMILES string of the molecule is CCC(C(=O)O)N1C(=O)CC(CC(C2CC(C)CC(C)C2=O)N(C(=O)O)C23CC4CC(CC(C4)C2)C3)CC1=O. The maximum Gasteiger partial charge on any atom is 0.408 e. The van der Waals surface area contributed by atoms with Gasteiger partial charge in [-0.2, -0.15) is 0 Å². The van der Waals surface area contributed by atoms with Crippen molar-refractivity contribution < 1.29 is 34.2 Å². The molecular weight excluding hydrogens is 500 g/mol. The maximum atomic E-state index is 13.7. The average molecular weight is 545 g/mol. The Labute approximate surface area is 230 Å². The third-order valence-corrected chi connectivity index (χ3v) is 10.8. The standard InChI is InChI=1S/C30H44N2O7/c1-4-23(28(36)37)31-25(33)11-18(12-26(31)34)10-24(22-6-16(2)5-17(3)27(22)35)32(29(38)39)30-13-19-7-20(14-30)9-21(8-19)15-30/h16-24H,4-15H2,1-3H3,(H,36,37)(H,38,39). The lowest BCUT2D eigenvalue weighted by Crippen LogP contribution is -2.66. The molecule has 9 nitrogen and oxygen atoms in total. The molecular formula is C30H44N2O7. The molecule has 0 aromatic heterocycles. The van der Waals surface area contributed by atoms with E-state index in [9.17, 15) is 34.2 Å². The molecule has 1 saturated heterocycles. The summed E-state index contributed by atoms with van der Waals surface area (Å²) in [5, 5.41) is 20.4. The molecule has 6 fully saturated rings. The third kappa shape index (κ3) is 5.10. The lowest BCUT2D eigenvalue weighted by molar-refractivity contribution is -0.162. The van der Waals surface area contributed by atoms with Gasteiger partial charge in [-0.25, -0.2) is 9.59 Å². The highest BCUT2D eigenvalue weighted by Crippen LogP contribution is 2.59. The molecule has 4 bridgehead atoms. The number of carboxylic acids is 1. The highest BCUT2D eigenvalue weighted by Gasteiger charge is 2.58. The summed E-state index contributed by atoms with van der Waals surface area (Å²) in [6.45, 7) is 5.68. The molecule has 5 aliphatic carbocycles. The number of ketones is 1. The summed E-state index contributed by atoms with van der Waals surface area (Å²) in [6, 6.07) is -1.78. The molecule has 9 heteroatoms. The fourth-order valence-corrected chi connectivity index (χ4v) is 9.81. The van der Waals surface area contributed by atoms with Crippen molar-refractivity contribution in [3.05, 3.63) is 0 Å². The molecule has 2 N–H and O–H groups in total. The lowest BCUT2D eigenvalue weighted by Gasteiger charge is -2.62. The molecule has 5 unspecified atom stereocenters. The van der Waals surface area contributed by atoms with E-state index in [2.05, 4.69) is 6.92 Å². The minimum absolute atomic E-state index is 0.00757. The van der Waals surface area contributed by atoms with Gasteiger partial charge < -0.3 is 10.2 Å². The van der Waals surface area contributed by atoms with Crippen molar-refractivity contribution in [2.24, 2.45) is 41.4 Å². The minimum Gasteiger partial charge on any atom is -0.480 e. The molecule has 3 amide bonds. The zero-order valence-electron chi connectivity index (χ0n) is 23.5. The smallest absolute Gasteiger partial charge is 0.408 e. The van der Waals surface area contributed by atoms with E-state index in [1.165, 1.54) is 0 Å². The molecule has 0 aromatic rings. The number of piperidine rings is 1. The van der Waals surface area contributed by atoms with Crippen molar-refractivity contribution in [1.29, 1.82) is 0 Å². The van der Waals surface area contributed by atoms with E-state index in [0.29, 0.717) is 24.2 Å². The Hall–Kier alpha value is -2.45. The van der Waals surface area contributed by atoms with Gasteiger partial charge in [-0.15, -0.1) is 0 Å². The largest absolute Gasteiger partial charge is 0.480 e. The van der Waals surface area contributed by atoms with Crippen LogP contribution in [0.25, 0.3) is 0 Å². The van der Waals surface area contributed by atoms with Crippen LogP contribution in [0.2, 0.25) is 0 Å². The van der Waals surface area contributed by atoms with Gasteiger partial charge in [0.25, 0.3) is 0 Å². The van der Waals surface area contributed by atoms with Crippen LogP contribution in [0.1, 0.15) is 97.8 Å². The molecule has 6 rings (SSSR count). The first-order valence-corrected chi connectivity index (χ1v) is 15.1. The predicted octanol–water partition coefficient (Wildman–Crippen LogP) is 4.57. The third-order valence-electron chi connectivity index (χ3n) is 10.8. The summed E-state index contributed by atoms with van der Waals surface area (Å²) in [5.41, 5.74) is -0.485. The summed E-state index contributed by atoms with van der Waals surface area (Å²) < 4.78 is 0. The number of imide groups is 1. The topological polar surface area (TPSA) is 132 Å². The van der Waals surface area contributed by atoms with Gasteiger partial charge in [-0.3, -0.25) is 24.2 Å². The van der Waals surface area contributed by atoms with Crippen LogP contribution >= 0.6 is 0 Å². The average Bonchev–Trinajstić information content (AvgIpc) is 2.81. The van der Waals surface area contributed by atoms with Crippen LogP contribution in [-0.2, 0) is 19.2 Å². The quantitative estimate of drug-likeness (QED) is 0.428. The van der Waals surface area contributed by atoms with Gasteiger partial charge >= 0.3 is 12.1 Å². The monoisotopic (exact) mass is 544 g/mol. The Kier molecular flexibility index (Phi) is 7.57. The first-order chi connectivity index (χ1) is 18.4. The zero-order chi connectivity index (χ0) is 28.2. The number of carbonyl (C=O) groups excluding carboxylic acids is 3. The Bertz CT molecular complexity index is 987. The van der Waals surface area contributed by atoms with Crippen LogP contribution in [0.15, 0.2) is 0 Å². The second-order valence-electron chi connectivity index (χ2n) is 13.8. The van der Waals surface area contributed by atoms with Gasteiger partial charge in [0.05, 0.1) is 0 Å². The highest BCUT2D eigenvalue weighted by molar-refractivity contribution is 6.01. The number of hydrogen-bond donors (Lipinski definition) is 2. The van der Waals surface area contributed by atoms with Gasteiger partial charge in [-0.1, -0.05) is 20.8 Å². The van der Waals surface area contributed by atoms with Crippen molar-refractivity contribution in [3.8, 4) is 0 Å². The molecule has 1 heterocycles. The summed E-state index contributed by atoms with van der Waals surface area (Å²) in [7, 11) is 0. The number of Topliss-reactive ketones (excluding diaryl/α,β-unsaturated/α-hetero) is 1. The number of carbonyl (C=O) groups is 5. The van der Waals surface area contributed by atoms with Crippen LogP contribution in [-0.4, -0.2) is 67.3 Å². The van der Waals surface area contributed by atoms with Crippen molar-refractivity contribution >= 4 is 29.7 Å². The first-order valence-electron chi connectivity index (χ1n) is 15.1. The molecule has 5 saturated carbocycles. The van der Waals surface area contributed by atoms with Crippen molar-refractivity contribution in [1.82, 2.24) is 9.80 Å². The molecule has 0 aromatic carbocycles. The normalized spacial score (nSPS) is 38.1. The maximum absolute atomic E-state index is 13.7. The number of rotatable bonds is 8. The number of amides is 3. The summed E-state index contributed by atoms with van der Waals surface area (Å²) in [6.07, 6.45) is 6.79. The summed E-state index contributed by atoms with van der Waals surface area (Å²) >= 11 is 0. The van der Waals surface area contributed by atoms with E-state index < -0.39 is 53.3 Å². The zero-order valence-corrected chi connectivity index (χ0v) is 23.5. The van der Waals surface area contributed by atoms with Crippen molar-refractivity contribution in [2.45, 2.75) is 115 Å². The number of likely N-dealkylation sites (tertiary alicyclic amines) is 1. The van der Waals surface area contributed by atoms with Crippen molar-refractivity contribution in [3.63, 3.8) is 0 Å². The van der Waals surface area contributed by atoms with Crippen LogP contribution < -0.4 is 0 Å². The highest BCUT2D eigenvalue weighted by atomic mass is 16.4. The second kappa shape index (κ2) is 10.5. The Balaban J connectivity index is 1.47. The molecule has 1 aliphatic heterocycles. The van der Waals surface area contributed by atoms with E-state index in [1.54, 1.807) is 11.8 Å². The number of aliphatic carboxylic acids is 1. The van der Waals surface area contributed by atoms with Gasteiger partial charge in [0.2, 0.25) is 11.8 Å². The van der Waals surface area contributed by atoms with Crippen LogP contribution in [0.5, 0.6) is 0 Å². The number of carboxylic acid groups (broad SMARTS) is 2.